The Morgan fingerprint density at radius 1 is 1.18 bits per heavy atom. The van der Waals surface area contributed by atoms with Crippen LogP contribution < -0.4 is 15.4 Å². The van der Waals surface area contributed by atoms with Gasteiger partial charge in [-0.2, -0.15) is 18.3 Å². The second kappa shape index (κ2) is 7.99. The molecule has 1 atom stereocenters. The molecule has 10 heteroatoms. The fourth-order valence-corrected chi connectivity index (χ4v) is 2.60. The van der Waals surface area contributed by atoms with Crippen molar-refractivity contribution >= 4 is 11.7 Å². The maximum Gasteiger partial charge on any atom is 0.416 e. The summed E-state index contributed by atoms with van der Waals surface area (Å²) in [6.45, 7) is 0. The van der Waals surface area contributed by atoms with Gasteiger partial charge < -0.3 is 15.4 Å². The van der Waals surface area contributed by atoms with E-state index in [0.717, 1.165) is 12.1 Å². The lowest BCUT2D eigenvalue weighted by Crippen LogP contribution is -2.34. The van der Waals surface area contributed by atoms with Crippen LogP contribution in [0.15, 0.2) is 54.9 Å². The molecule has 0 fully saturated rings. The summed E-state index contributed by atoms with van der Waals surface area (Å²) in [6, 6.07) is 9.76. The van der Waals surface area contributed by atoms with E-state index >= 15 is 0 Å². The topological polar surface area (TPSA) is 91.9 Å². The molecule has 0 aliphatic rings. The average molecular weight is 391 g/mol. The lowest BCUT2D eigenvalue weighted by Gasteiger charge is -2.19. The van der Waals surface area contributed by atoms with E-state index < -0.39 is 23.8 Å². The van der Waals surface area contributed by atoms with Gasteiger partial charge in [-0.3, -0.25) is 5.10 Å². The van der Waals surface area contributed by atoms with Gasteiger partial charge in [-0.05, 0) is 29.8 Å². The molecule has 146 valence electrons. The summed E-state index contributed by atoms with van der Waals surface area (Å²) in [5.74, 6) is 0.627. The summed E-state index contributed by atoms with van der Waals surface area (Å²) in [5, 5.41) is 11.5. The number of methoxy groups -OCH3 is 1. The molecule has 2 aromatic carbocycles. The Hall–Kier alpha value is -3.56. The Morgan fingerprint density at radius 3 is 2.64 bits per heavy atom. The molecule has 28 heavy (non-hydrogen) atoms. The number of nitrogens with one attached hydrogen (secondary N) is 3. The molecule has 0 spiro atoms. The number of aromatic amines is 1. The number of rotatable bonds is 5. The number of benzene rings is 2. The van der Waals surface area contributed by atoms with Gasteiger partial charge in [0.1, 0.15) is 18.1 Å². The van der Waals surface area contributed by atoms with Crippen LogP contribution in [0.25, 0.3) is 0 Å². The number of nitrogens with zero attached hydrogens (tertiary/aromatic N) is 2. The SMILES string of the molecule is COc1ccccc1NC(=O)N[C@H](c1cccc(C(F)(F)F)c1)c1ncn[nH]1. The maximum atomic E-state index is 13.1. The number of amides is 2. The quantitative estimate of drug-likeness (QED) is 0.618. The van der Waals surface area contributed by atoms with Crippen molar-refractivity contribution in [3.05, 3.63) is 71.8 Å². The van der Waals surface area contributed by atoms with E-state index in [0.29, 0.717) is 11.4 Å². The van der Waals surface area contributed by atoms with Crippen molar-refractivity contribution in [2.24, 2.45) is 0 Å². The molecule has 0 bridgehead atoms. The van der Waals surface area contributed by atoms with Crippen molar-refractivity contribution in [2.75, 3.05) is 12.4 Å². The van der Waals surface area contributed by atoms with Crippen molar-refractivity contribution in [3.8, 4) is 5.75 Å². The summed E-state index contributed by atoms with van der Waals surface area (Å²) in [7, 11) is 1.46. The normalized spacial score (nSPS) is 12.3. The number of H-pyrrole nitrogens is 1. The third-order valence-corrected chi connectivity index (χ3v) is 3.88. The number of carbonyl (C=O) groups is 1. The largest absolute Gasteiger partial charge is 0.495 e. The van der Waals surface area contributed by atoms with Gasteiger partial charge in [0.25, 0.3) is 0 Å². The van der Waals surface area contributed by atoms with E-state index in [1.54, 1.807) is 24.3 Å². The number of carbonyl (C=O) groups excluding carboxylic acids is 1. The number of aromatic nitrogens is 3. The Morgan fingerprint density at radius 2 is 1.96 bits per heavy atom. The molecule has 3 N–H and O–H groups in total. The number of urea groups is 1. The molecule has 0 saturated heterocycles. The summed E-state index contributed by atoms with van der Waals surface area (Å²) < 4.78 is 44.3. The highest BCUT2D eigenvalue weighted by Crippen LogP contribution is 2.31. The first-order chi connectivity index (χ1) is 13.4. The first kappa shape index (κ1) is 19.2. The second-order valence-electron chi connectivity index (χ2n) is 5.73. The van der Waals surface area contributed by atoms with Crippen LogP contribution in [-0.4, -0.2) is 28.3 Å². The molecule has 3 rings (SSSR count). The fourth-order valence-electron chi connectivity index (χ4n) is 2.60. The predicted octanol–water partition coefficient (Wildman–Crippen LogP) is 3.74. The highest BCUT2D eigenvalue weighted by Gasteiger charge is 2.31. The van der Waals surface area contributed by atoms with Crippen LogP contribution in [0, 0.1) is 0 Å². The van der Waals surface area contributed by atoms with Crippen LogP contribution in [0.5, 0.6) is 5.75 Å². The zero-order chi connectivity index (χ0) is 20.1. The van der Waals surface area contributed by atoms with E-state index in [-0.39, 0.29) is 11.4 Å². The van der Waals surface area contributed by atoms with E-state index in [2.05, 4.69) is 25.8 Å². The number of alkyl halides is 3. The molecule has 0 aliphatic heterocycles. The number of halogens is 3. The van der Waals surface area contributed by atoms with Crippen molar-refractivity contribution in [2.45, 2.75) is 12.2 Å². The monoisotopic (exact) mass is 391 g/mol. The second-order valence-corrected chi connectivity index (χ2v) is 5.73. The van der Waals surface area contributed by atoms with Gasteiger partial charge in [-0.25, -0.2) is 9.78 Å². The average Bonchev–Trinajstić information content (AvgIpc) is 3.20. The van der Waals surface area contributed by atoms with Crippen LogP contribution in [0.2, 0.25) is 0 Å². The summed E-state index contributed by atoms with van der Waals surface area (Å²) >= 11 is 0. The third kappa shape index (κ3) is 4.40. The number of hydrogen-bond donors (Lipinski definition) is 3. The molecule has 0 radical (unpaired) electrons. The van der Waals surface area contributed by atoms with Gasteiger partial charge in [-0.1, -0.05) is 24.3 Å². The van der Waals surface area contributed by atoms with Crippen LogP contribution in [0.3, 0.4) is 0 Å². The van der Waals surface area contributed by atoms with Crippen LogP contribution >= 0.6 is 0 Å². The Kier molecular flexibility index (Phi) is 5.48. The molecule has 1 aromatic heterocycles. The first-order valence-corrected chi connectivity index (χ1v) is 8.11. The van der Waals surface area contributed by atoms with Crippen molar-refractivity contribution in [3.63, 3.8) is 0 Å². The molecule has 0 saturated carbocycles. The van der Waals surface area contributed by atoms with Crippen molar-refractivity contribution in [1.82, 2.24) is 20.5 Å². The molecule has 3 aromatic rings. The lowest BCUT2D eigenvalue weighted by molar-refractivity contribution is -0.137. The van der Waals surface area contributed by atoms with Crippen LogP contribution in [-0.2, 0) is 6.18 Å². The summed E-state index contributed by atoms with van der Waals surface area (Å²) in [6.07, 6.45) is -3.31. The van der Waals surface area contributed by atoms with Gasteiger partial charge in [0.2, 0.25) is 0 Å². The molecule has 0 aliphatic carbocycles. The zero-order valence-electron chi connectivity index (χ0n) is 14.6. The predicted molar refractivity (Wildman–Crippen MR) is 94.8 cm³/mol. The Balaban J connectivity index is 1.87. The van der Waals surface area contributed by atoms with E-state index in [4.69, 9.17) is 4.74 Å². The van der Waals surface area contributed by atoms with E-state index in [9.17, 15) is 18.0 Å². The van der Waals surface area contributed by atoms with Crippen LogP contribution in [0.4, 0.5) is 23.7 Å². The molecule has 0 unspecified atom stereocenters. The Bertz CT molecular complexity index is 944. The number of anilines is 1. The first-order valence-electron chi connectivity index (χ1n) is 8.11. The lowest BCUT2D eigenvalue weighted by atomic mass is 10.0. The zero-order valence-corrected chi connectivity index (χ0v) is 14.6. The fraction of sp³-hybridized carbons (Fsp3) is 0.167. The number of para-hydroxylation sites is 2. The van der Waals surface area contributed by atoms with Gasteiger partial charge in [-0.15, -0.1) is 0 Å². The minimum atomic E-state index is -4.51. The third-order valence-electron chi connectivity index (χ3n) is 3.88. The highest BCUT2D eigenvalue weighted by atomic mass is 19.4. The van der Waals surface area contributed by atoms with E-state index in [1.807, 2.05) is 0 Å². The van der Waals surface area contributed by atoms with E-state index in [1.165, 1.54) is 25.6 Å². The Labute approximate surface area is 157 Å². The minimum Gasteiger partial charge on any atom is -0.495 e. The minimum absolute atomic E-state index is 0.189. The number of hydrogen-bond acceptors (Lipinski definition) is 4. The highest BCUT2D eigenvalue weighted by molar-refractivity contribution is 5.91. The molecule has 2 amide bonds. The standard InChI is InChI=1S/C18H16F3N5O2/c1-28-14-8-3-2-7-13(14)24-17(27)25-15(16-22-10-23-26-16)11-5-4-6-12(9-11)18(19,20)21/h2-10,15H,1H3,(H,22,23,26)(H2,24,25,27)/t15-/m1/s1. The molecule has 1 heterocycles. The molecular weight excluding hydrogens is 375 g/mol. The van der Waals surface area contributed by atoms with Gasteiger partial charge in [0.05, 0.1) is 18.4 Å². The van der Waals surface area contributed by atoms with Gasteiger partial charge in [0.15, 0.2) is 5.82 Å². The van der Waals surface area contributed by atoms with Gasteiger partial charge >= 0.3 is 12.2 Å². The summed E-state index contributed by atoms with van der Waals surface area (Å²) in [4.78, 5) is 16.4. The number of ether oxygens (including phenoxy) is 1. The molecular formula is C18H16F3N5O2. The smallest absolute Gasteiger partial charge is 0.416 e. The summed E-state index contributed by atoms with van der Waals surface area (Å²) in [5.41, 5.74) is -0.230. The molecule has 7 nitrogen and oxygen atoms in total. The van der Waals surface area contributed by atoms with Crippen molar-refractivity contribution < 1.29 is 22.7 Å². The maximum absolute atomic E-state index is 13.1. The van der Waals surface area contributed by atoms with Crippen molar-refractivity contribution in [1.29, 1.82) is 0 Å². The van der Waals surface area contributed by atoms with Crippen LogP contribution in [0.1, 0.15) is 23.0 Å². The van der Waals surface area contributed by atoms with Gasteiger partial charge in [0, 0.05) is 0 Å².